The fourth-order valence-corrected chi connectivity index (χ4v) is 3.80. The van der Waals surface area contributed by atoms with Gasteiger partial charge >= 0.3 is 0 Å². The molecule has 0 bridgehead atoms. The Bertz CT molecular complexity index is 638. The molecule has 0 aliphatic carbocycles. The number of thiazole rings is 1. The molecule has 0 radical (unpaired) electrons. The summed E-state index contributed by atoms with van der Waals surface area (Å²) in [5.41, 5.74) is 7.29. The van der Waals surface area contributed by atoms with Gasteiger partial charge < -0.3 is 16.0 Å². The topological polar surface area (TPSA) is 71.2 Å². The second-order valence-electron chi connectivity index (χ2n) is 5.55. The molecule has 0 atom stereocenters. The third-order valence-corrected chi connectivity index (χ3v) is 5.25. The largest absolute Gasteiger partial charge is 0.398 e. The highest BCUT2D eigenvalue weighted by molar-refractivity contribution is 7.80. The zero-order valence-corrected chi connectivity index (χ0v) is 14.1. The van der Waals surface area contributed by atoms with Gasteiger partial charge in [-0.25, -0.2) is 4.98 Å². The maximum Gasteiger partial charge on any atom is 0.241 e. The summed E-state index contributed by atoms with van der Waals surface area (Å²) in [4.78, 5) is 19.4. The number of thiol groups is 1. The Kier molecular flexibility index (Phi) is 4.73. The average Bonchev–Trinajstić information content (AvgIpc) is 2.72. The number of rotatable bonds is 3. The lowest BCUT2D eigenvalue weighted by Gasteiger charge is -2.20. The molecule has 22 heavy (non-hydrogen) atoms. The molecule has 2 aromatic rings. The smallest absolute Gasteiger partial charge is 0.241 e. The van der Waals surface area contributed by atoms with Gasteiger partial charge in [-0.2, -0.15) is 0 Å². The molecule has 118 valence electrons. The van der Waals surface area contributed by atoms with Crippen molar-refractivity contribution in [1.82, 2.24) is 9.88 Å². The summed E-state index contributed by atoms with van der Waals surface area (Å²) in [6, 6.07) is 3.73. The second-order valence-corrected chi connectivity index (χ2v) is 7.06. The predicted octanol–water partition coefficient (Wildman–Crippen LogP) is 2.98. The summed E-state index contributed by atoms with van der Waals surface area (Å²) in [5.74, 6) is 0.149. The van der Waals surface area contributed by atoms with Crippen molar-refractivity contribution in [3.05, 3.63) is 12.1 Å². The van der Waals surface area contributed by atoms with E-state index in [0.717, 1.165) is 46.2 Å². The van der Waals surface area contributed by atoms with Crippen LogP contribution in [0.15, 0.2) is 17.0 Å². The highest BCUT2D eigenvalue weighted by Crippen LogP contribution is 2.31. The van der Waals surface area contributed by atoms with Gasteiger partial charge in [-0.3, -0.25) is 4.79 Å². The lowest BCUT2D eigenvalue weighted by atomic mass is 10.2. The number of aromatic nitrogens is 1. The van der Waals surface area contributed by atoms with Crippen LogP contribution in [0.1, 0.15) is 25.7 Å². The number of anilines is 2. The second kappa shape index (κ2) is 6.75. The third kappa shape index (κ3) is 3.47. The number of carbonyl (C=O) groups excluding carboxylic acids is 1. The van der Waals surface area contributed by atoms with Gasteiger partial charge in [-0.15, -0.1) is 12.6 Å². The van der Waals surface area contributed by atoms with Crippen molar-refractivity contribution in [2.24, 2.45) is 0 Å². The molecule has 2 heterocycles. The van der Waals surface area contributed by atoms with Crippen LogP contribution in [0.3, 0.4) is 0 Å². The van der Waals surface area contributed by atoms with E-state index in [2.05, 4.69) is 22.9 Å². The van der Waals surface area contributed by atoms with Gasteiger partial charge in [0, 0.05) is 23.7 Å². The molecule has 1 saturated heterocycles. The minimum Gasteiger partial charge on any atom is -0.398 e. The first-order chi connectivity index (χ1) is 10.6. The number of hydrogen-bond donors (Lipinski definition) is 3. The molecule has 0 saturated carbocycles. The maximum atomic E-state index is 12.3. The van der Waals surface area contributed by atoms with Crippen molar-refractivity contribution in [2.45, 2.75) is 30.6 Å². The monoisotopic (exact) mass is 336 g/mol. The molecule has 1 aliphatic rings. The molecule has 1 aromatic heterocycles. The number of fused-ring (bicyclic) bond motifs is 1. The quantitative estimate of drug-likeness (QED) is 0.595. The van der Waals surface area contributed by atoms with Gasteiger partial charge in [0.1, 0.15) is 0 Å². The summed E-state index contributed by atoms with van der Waals surface area (Å²) in [7, 11) is 0. The Morgan fingerprint density at radius 2 is 2.05 bits per heavy atom. The van der Waals surface area contributed by atoms with Crippen LogP contribution in [0.5, 0.6) is 0 Å². The SMILES string of the molecule is Nc1cc2nc(NCC(=O)N3CCCCCC3)sc2cc1S. The normalized spacial score (nSPS) is 15.8. The molecule has 0 unspecified atom stereocenters. The van der Waals surface area contributed by atoms with Gasteiger partial charge in [-0.05, 0) is 25.0 Å². The van der Waals surface area contributed by atoms with E-state index in [1.807, 2.05) is 17.0 Å². The van der Waals surface area contributed by atoms with E-state index in [9.17, 15) is 4.79 Å². The van der Waals surface area contributed by atoms with Gasteiger partial charge in [0.2, 0.25) is 5.91 Å². The molecule has 3 N–H and O–H groups in total. The zero-order valence-electron chi connectivity index (χ0n) is 12.3. The number of carbonyl (C=O) groups is 1. The fraction of sp³-hybridized carbons (Fsp3) is 0.467. The van der Waals surface area contributed by atoms with Crippen molar-refractivity contribution >= 4 is 50.9 Å². The van der Waals surface area contributed by atoms with E-state index in [0.29, 0.717) is 12.2 Å². The van der Waals surface area contributed by atoms with E-state index in [4.69, 9.17) is 5.73 Å². The van der Waals surface area contributed by atoms with Crippen molar-refractivity contribution in [2.75, 3.05) is 30.7 Å². The molecular formula is C15H20N4OS2. The molecule has 3 rings (SSSR count). The van der Waals surface area contributed by atoms with E-state index in [1.54, 1.807) is 0 Å². The van der Waals surface area contributed by atoms with Crippen LogP contribution in [0.4, 0.5) is 10.8 Å². The highest BCUT2D eigenvalue weighted by Gasteiger charge is 2.15. The molecule has 1 aromatic carbocycles. The van der Waals surface area contributed by atoms with Crippen molar-refractivity contribution in [3.63, 3.8) is 0 Å². The number of benzene rings is 1. The van der Waals surface area contributed by atoms with Gasteiger partial charge in [0.05, 0.1) is 16.8 Å². The number of nitrogens with zero attached hydrogens (tertiary/aromatic N) is 2. The van der Waals surface area contributed by atoms with E-state index >= 15 is 0 Å². The molecular weight excluding hydrogens is 316 g/mol. The van der Waals surface area contributed by atoms with Crippen LogP contribution in [0.25, 0.3) is 10.2 Å². The van der Waals surface area contributed by atoms with Crippen molar-refractivity contribution in [3.8, 4) is 0 Å². The Labute approximate surface area is 139 Å². The fourth-order valence-electron chi connectivity index (χ4n) is 2.64. The Hall–Kier alpha value is -1.47. The lowest BCUT2D eigenvalue weighted by molar-refractivity contribution is -0.129. The number of hydrogen-bond acceptors (Lipinski definition) is 6. The molecule has 7 heteroatoms. The number of nitrogen functional groups attached to an aromatic ring is 1. The summed E-state index contributed by atoms with van der Waals surface area (Å²) >= 11 is 5.84. The Morgan fingerprint density at radius 1 is 1.32 bits per heavy atom. The summed E-state index contributed by atoms with van der Waals surface area (Å²) in [6.45, 7) is 2.04. The number of likely N-dealkylation sites (tertiary alicyclic amines) is 1. The number of nitrogens with two attached hydrogens (primary N) is 1. The third-order valence-electron chi connectivity index (χ3n) is 3.89. The molecule has 5 nitrogen and oxygen atoms in total. The molecule has 1 aliphatic heterocycles. The predicted molar refractivity (Wildman–Crippen MR) is 94.8 cm³/mol. The first-order valence-electron chi connectivity index (χ1n) is 7.54. The number of nitrogens with one attached hydrogen (secondary N) is 1. The molecule has 0 spiro atoms. The minimum absolute atomic E-state index is 0.149. The Morgan fingerprint density at radius 3 is 2.77 bits per heavy atom. The minimum atomic E-state index is 0.149. The summed E-state index contributed by atoms with van der Waals surface area (Å²) in [5, 5.41) is 3.89. The first kappa shape index (κ1) is 15.4. The van der Waals surface area contributed by atoms with E-state index < -0.39 is 0 Å². The molecule has 1 fully saturated rings. The van der Waals surface area contributed by atoms with Crippen molar-refractivity contribution < 1.29 is 4.79 Å². The van der Waals surface area contributed by atoms with Crippen LogP contribution in [-0.2, 0) is 4.79 Å². The Balaban J connectivity index is 1.64. The van der Waals surface area contributed by atoms with Crippen molar-refractivity contribution in [1.29, 1.82) is 0 Å². The van der Waals surface area contributed by atoms with Gasteiger partial charge in [0.15, 0.2) is 5.13 Å². The zero-order chi connectivity index (χ0) is 15.5. The average molecular weight is 336 g/mol. The van der Waals surface area contributed by atoms with Crippen LogP contribution in [-0.4, -0.2) is 35.4 Å². The van der Waals surface area contributed by atoms with Gasteiger partial charge in [-0.1, -0.05) is 24.2 Å². The highest BCUT2D eigenvalue weighted by atomic mass is 32.1. The first-order valence-corrected chi connectivity index (χ1v) is 8.80. The number of amides is 1. The maximum absolute atomic E-state index is 12.3. The van der Waals surface area contributed by atoms with E-state index in [-0.39, 0.29) is 5.91 Å². The van der Waals surface area contributed by atoms with Crippen LogP contribution in [0, 0.1) is 0 Å². The van der Waals surface area contributed by atoms with Crippen LogP contribution >= 0.6 is 24.0 Å². The lowest BCUT2D eigenvalue weighted by Crippen LogP contribution is -2.36. The standard InChI is InChI=1S/C15H20N4OS2/c16-10-7-11-13(8-12(10)21)22-15(18-11)17-9-14(20)19-5-3-1-2-4-6-19/h7-8,21H,1-6,9,16H2,(H,17,18). The summed E-state index contributed by atoms with van der Waals surface area (Å²) in [6.07, 6.45) is 4.67. The van der Waals surface area contributed by atoms with E-state index in [1.165, 1.54) is 24.2 Å². The summed E-state index contributed by atoms with van der Waals surface area (Å²) < 4.78 is 1.02. The van der Waals surface area contributed by atoms with Gasteiger partial charge in [0.25, 0.3) is 0 Å². The van der Waals surface area contributed by atoms with Crippen LogP contribution < -0.4 is 11.1 Å². The molecule has 1 amide bonds. The van der Waals surface area contributed by atoms with Crippen LogP contribution in [0.2, 0.25) is 0 Å².